The van der Waals surface area contributed by atoms with Gasteiger partial charge in [-0.25, -0.2) is 0 Å². The van der Waals surface area contributed by atoms with E-state index in [1.54, 1.807) is 0 Å². The molecule has 0 radical (unpaired) electrons. The minimum absolute atomic E-state index is 0.300. The third-order valence-electron chi connectivity index (χ3n) is 4.52. The highest BCUT2D eigenvalue weighted by Gasteiger charge is 2.21. The predicted octanol–water partition coefficient (Wildman–Crippen LogP) is 1.48. The second kappa shape index (κ2) is 6.54. The number of hydrogen-bond acceptors (Lipinski definition) is 5. The van der Waals surface area contributed by atoms with Crippen molar-refractivity contribution in [3.05, 3.63) is 35.2 Å². The van der Waals surface area contributed by atoms with Gasteiger partial charge in [0, 0.05) is 6.61 Å². The van der Waals surface area contributed by atoms with Crippen molar-refractivity contribution in [2.75, 3.05) is 19.7 Å². The van der Waals surface area contributed by atoms with Crippen LogP contribution >= 0.6 is 0 Å². The molecule has 22 heavy (non-hydrogen) atoms. The highest BCUT2D eigenvalue weighted by Crippen LogP contribution is 2.21. The molecule has 1 aromatic carbocycles. The number of aliphatic hydroxyl groups is 1. The molecule has 1 fully saturated rings. The molecule has 0 amide bonds. The number of aryl methyl sites for hydroxylation is 2. The number of aliphatic hydroxyl groups excluding tert-OH is 1. The third kappa shape index (κ3) is 3.03. The number of para-hydroxylation sites is 1. The van der Waals surface area contributed by atoms with Gasteiger partial charge >= 0.3 is 0 Å². The molecule has 118 valence electrons. The molecule has 2 heterocycles. The van der Waals surface area contributed by atoms with Crippen LogP contribution in [-0.2, 0) is 6.54 Å². The van der Waals surface area contributed by atoms with E-state index in [-0.39, 0.29) is 0 Å². The van der Waals surface area contributed by atoms with Crippen molar-refractivity contribution in [2.24, 2.45) is 5.92 Å². The number of likely N-dealkylation sites (tertiary alicyclic amines) is 1. The Bertz CT molecular complexity index is 611. The van der Waals surface area contributed by atoms with Crippen molar-refractivity contribution >= 4 is 0 Å². The normalized spacial score (nSPS) is 17.0. The molecule has 3 rings (SSSR count). The smallest absolute Gasteiger partial charge is 0.170 e. The molecule has 1 aliphatic rings. The first-order valence-electron chi connectivity index (χ1n) is 7.86. The van der Waals surface area contributed by atoms with E-state index < -0.39 is 0 Å². The Morgan fingerprint density at radius 2 is 1.86 bits per heavy atom. The lowest BCUT2D eigenvalue weighted by atomic mass is 9.98. The first kappa shape index (κ1) is 15.1. The fraction of sp³-hybridized carbons (Fsp3) is 0.562. The molecule has 0 aliphatic carbocycles. The first-order valence-corrected chi connectivity index (χ1v) is 7.86. The van der Waals surface area contributed by atoms with Gasteiger partial charge in [-0.1, -0.05) is 18.2 Å². The molecule has 1 aliphatic heterocycles. The second-order valence-corrected chi connectivity index (χ2v) is 6.15. The number of tetrazole rings is 1. The van der Waals surface area contributed by atoms with E-state index in [0.29, 0.717) is 12.5 Å². The summed E-state index contributed by atoms with van der Waals surface area (Å²) in [7, 11) is 0. The zero-order valence-electron chi connectivity index (χ0n) is 13.2. The number of nitrogens with zero attached hydrogens (tertiary/aromatic N) is 5. The molecule has 0 saturated carbocycles. The van der Waals surface area contributed by atoms with Gasteiger partial charge in [0.1, 0.15) is 0 Å². The lowest BCUT2D eigenvalue weighted by molar-refractivity contribution is 0.125. The van der Waals surface area contributed by atoms with E-state index in [9.17, 15) is 5.11 Å². The third-order valence-corrected chi connectivity index (χ3v) is 4.52. The van der Waals surface area contributed by atoms with Gasteiger partial charge in [-0.15, -0.1) is 5.10 Å². The zero-order valence-corrected chi connectivity index (χ0v) is 13.2. The van der Waals surface area contributed by atoms with Gasteiger partial charge in [0.15, 0.2) is 5.82 Å². The van der Waals surface area contributed by atoms with Gasteiger partial charge in [0.25, 0.3) is 0 Å². The molecule has 6 heteroatoms. The minimum atomic E-state index is 0.300. The van der Waals surface area contributed by atoms with E-state index in [1.165, 1.54) is 11.1 Å². The van der Waals surface area contributed by atoms with Crippen LogP contribution in [0.1, 0.15) is 29.8 Å². The summed E-state index contributed by atoms with van der Waals surface area (Å²) in [6.07, 6.45) is 2.09. The van der Waals surface area contributed by atoms with Crippen LogP contribution in [0.5, 0.6) is 0 Å². The number of rotatable bonds is 4. The van der Waals surface area contributed by atoms with Gasteiger partial charge in [-0.05, 0) is 67.3 Å². The number of piperidine rings is 1. The van der Waals surface area contributed by atoms with Crippen molar-refractivity contribution in [3.63, 3.8) is 0 Å². The van der Waals surface area contributed by atoms with Gasteiger partial charge < -0.3 is 5.11 Å². The quantitative estimate of drug-likeness (QED) is 0.926. The molecule has 2 aromatic rings. The van der Waals surface area contributed by atoms with Gasteiger partial charge in [0.05, 0.1) is 12.2 Å². The average Bonchev–Trinajstić information content (AvgIpc) is 2.96. The predicted molar refractivity (Wildman–Crippen MR) is 83.7 cm³/mol. The maximum absolute atomic E-state index is 9.23. The zero-order chi connectivity index (χ0) is 15.5. The topological polar surface area (TPSA) is 67.1 Å². The molecule has 6 nitrogen and oxygen atoms in total. The molecule has 0 atom stereocenters. The van der Waals surface area contributed by atoms with Crippen LogP contribution in [-0.4, -0.2) is 49.9 Å². The van der Waals surface area contributed by atoms with E-state index >= 15 is 0 Å². The molecular formula is C16H23N5O. The van der Waals surface area contributed by atoms with E-state index in [0.717, 1.165) is 44.0 Å². The molecule has 1 aromatic heterocycles. The van der Waals surface area contributed by atoms with Crippen molar-refractivity contribution in [2.45, 2.75) is 33.2 Å². The minimum Gasteiger partial charge on any atom is -0.396 e. The van der Waals surface area contributed by atoms with Gasteiger partial charge in [-0.3, -0.25) is 4.90 Å². The summed E-state index contributed by atoms with van der Waals surface area (Å²) in [6.45, 7) is 7.20. The fourth-order valence-corrected chi connectivity index (χ4v) is 3.14. The highest BCUT2D eigenvalue weighted by molar-refractivity contribution is 5.46. The number of benzene rings is 1. The summed E-state index contributed by atoms with van der Waals surface area (Å²) in [6, 6.07) is 6.22. The summed E-state index contributed by atoms with van der Waals surface area (Å²) in [5.41, 5.74) is 3.42. The second-order valence-electron chi connectivity index (χ2n) is 6.15. The Labute approximate surface area is 130 Å². The fourth-order valence-electron chi connectivity index (χ4n) is 3.14. The Kier molecular flexibility index (Phi) is 4.49. The van der Waals surface area contributed by atoms with Crippen molar-refractivity contribution in [1.29, 1.82) is 0 Å². The molecule has 1 N–H and O–H groups in total. The first-order chi connectivity index (χ1) is 10.7. The maximum atomic E-state index is 9.23. The SMILES string of the molecule is Cc1cccc(C)c1-n1nnnc1CN1CCC(CO)CC1. The van der Waals surface area contributed by atoms with Gasteiger partial charge in [-0.2, -0.15) is 4.68 Å². The Morgan fingerprint density at radius 3 is 2.50 bits per heavy atom. The van der Waals surface area contributed by atoms with E-state index in [1.807, 2.05) is 4.68 Å². The maximum Gasteiger partial charge on any atom is 0.170 e. The number of hydrogen-bond donors (Lipinski definition) is 1. The van der Waals surface area contributed by atoms with Crippen LogP contribution in [0.15, 0.2) is 18.2 Å². The van der Waals surface area contributed by atoms with Crippen LogP contribution in [0.2, 0.25) is 0 Å². The molecule has 1 saturated heterocycles. The van der Waals surface area contributed by atoms with Crippen LogP contribution in [0, 0.1) is 19.8 Å². The van der Waals surface area contributed by atoms with Crippen LogP contribution in [0.4, 0.5) is 0 Å². The summed E-state index contributed by atoms with van der Waals surface area (Å²) in [5.74, 6) is 1.32. The van der Waals surface area contributed by atoms with Crippen molar-refractivity contribution in [3.8, 4) is 5.69 Å². The summed E-state index contributed by atoms with van der Waals surface area (Å²) < 4.78 is 1.86. The van der Waals surface area contributed by atoms with Gasteiger partial charge in [0.2, 0.25) is 0 Å². The molecular weight excluding hydrogens is 278 g/mol. The number of aromatic nitrogens is 4. The lowest BCUT2D eigenvalue weighted by Crippen LogP contribution is -2.35. The monoisotopic (exact) mass is 301 g/mol. The largest absolute Gasteiger partial charge is 0.396 e. The van der Waals surface area contributed by atoms with Crippen LogP contribution < -0.4 is 0 Å². The van der Waals surface area contributed by atoms with E-state index in [4.69, 9.17) is 0 Å². The lowest BCUT2D eigenvalue weighted by Gasteiger charge is -2.30. The Balaban J connectivity index is 1.79. The standard InChI is InChI=1S/C16H23N5O/c1-12-4-3-5-13(2)16(12)21-15(17-18-19-21)10-20-8-6-14(11-22)7-9-20/h3-5,14,22H,6-11H2,1-2H3. The Morgan fingerprint density at radius 1 is 1.18 bits per heavy atom. The summed E-state index contributed by atoms with van der Waals surface area (Å²) in [4.78, 5) is 2.36. The van der Waals surface area contributed by atoms with Crippen LogP contribution in [0.3, 0.4) is 0 Å². The van der Waals surface area contributed by atoms with Crippen molar-refractivity contribution in [1.82, 2.24) is 25.1 Å². The summed E-state index contributed by atoms with van der Waals surface area (Å²) >= 11 is 0. The summed E-state index contributed by atoms with van der Waals surface area (Å²) in [5, 5.41) is 21.5. The Hall–Kier alpha value is -1.79. The average molecular weight is 301 g/mol. The van der Waals surface area contributed by atoms with E-state index in [2.05, 4.69) is 52.5 Å². The molecule has 0 bridgehead atoms. The van der Waals surface area contributed by atoms with Crippen LogP contribution in [0.25, 0.3) is 5.69 Å². The molecule has 0 spiro atoms. The van der Waals surface area contributed by atoms with Crippen molar-refractivity contribution < 1.29 is 5.11 Å². The molecule has 0 unspecified atom stereocenters. The highest BCUT2D eigenvalue weighted by atomic mass is 16.3.